The zero-order chi connectivity index (χ0) is 13.0. The Labute approximate surface area is 107 Å². The van der Waals surface area contributed by atoms with Crippen LogP contribution in [0.2, 0.25) is 0 Å². The van der Waals surface area contributed by atoms with Crippen LogP contribution in [0.25, 0.3) is 5.65 Å². The van der Waals surface area contributed by atoms with Crippen molar-refractivity contribution < 1.29 is 4.74 Å². The summed E-state index contributed by atoms with van der Waals surface area (Å²) in [4.78, 5) is 6.47. The second-order valence-electron chi connectivity index (χ2n) is 4.52. The van der Waals surface area contributed by atoms with Crippen LogP contribution in [-0.4, -0.2) is 48.6 Å². The fourth-order valence-corrected chi connectivity index (χ4v) is 1.76. The molecule has 2 rings (SSSR count). The number of rotatable bonds is 6. The van der Waals surface area contributed by atoms with Crippen molar-refractivity contribution in [2.24, 2.45) is 0 Å². The Morgan fingerprint density at radius 3 is 3.00 bits per heavy atom. The van der Waals surface area contributed by atoms with Gasteiger partial charge in [0.25, 0.3) is 0 Å². The predicted molar refractivity (Wildman–Crippen MR) is 72.0 cm³/mol. The highest BCUT2D eigenvalue weighted by Gasteiger charge is 2.03. The summed E-state index contributed by atoms with van der Waals surface area (Å²) in [5, 5.41) is 3.13. The van der Waals surface area contributed by atoms with Gasteiger partial charge < -0.3 is 19.4 Å². The summed E-state index contributed by atoms with van der Waals surface area (Å²) in [6.45, 7) is 2.40. The average Bonchev–Trinajstić information content (AvgIpc) is 2.72. The van der Waals surface area contributed by atoms with Gasteiger partial charge in [0.05, 0.1) is 11.9 Å². The zero-order valence-electron chi connectivity index (χ0n) is 11.2. The molecule has 18 heavy (non-hydrogen) atoms. The van der Waals surface area contributed by atoms with E-state index < -0.39 is 0 Å². The number of hydrogen-bond donors (Lipinski definition) is 1. The summed E-state index contributed by atoms with van der Waals surface area (Å²) in [7, 11) is 5.99. The number of pyridine rings is 1. The minimum absolute atomic E-state index is 0.688. The lowest BCUT2D eigenvalue weighted by Crippen LogP contribution is -2.19. The molecule has 0 radical (unpaired) electrons. The largest absolute Gasteiger partial charge is 0.492 e. The molecule has 0 atom stereocenters. The minimum Gasteiger partial charge on any atom is -0.492 e. The van der Waals surface area contributed by atoms with E-state index in [1.54, 1.807) is 0 Å². The van der Waals surface area contributed by atoms with Crippen LogP contribution >= 0.6 is 0 Å². The van der Waals surface area contributed by atoms with Crippen molar-refractivity contribution in [3.8, 4) is 5.75 Å². The lowest BCUT2D eigenvalue weighted by atomic mass is 10.4. The molecule has 0 fully saturated rings. The molecule has 2 heterocycles. The smallest absolute Gasteiger partial charge is 0.140 e. The maximum atomic E-state index is 5.68. The SMILES string of the molecule is CNCc1cnc2cc(OCCN(C)C)ccn12. The lowest BCUT2D eigenvalue weighted by molar-refractivity contribution is 0.261. The molecular formula is C13H20N4O. The molecule has 0 unspecified atom stereocenters. The topological polar surface area (TPSA) is 41.8 Å². The van der Waals surface area contributed by atoms with Crippen LogP contribution in [0.4, 0.5) is 0 Å². The Kier molecular flexibility index (Phi) is 4.17. The van der Waals surface area contributed by atoms with Crippen LogP contribution in [0.1, 0.15) is 5.69 Å². The van der Waals surface area contributed by atoms with Crippen molar-refractivity contribution in [3.63, 3.8) is 0 Å². The second kappa shape index (κ2) is 5.84. The van der Waals surface area contributed by atoms with Gasteiger partial charge in [-0.1, -0.05) is 0 Å². The number of hydrogen-bond acceptors (Lipinski definition) is 4. The number of nitrogens with zero attached hydrogens (tertiary/aromatic N) is 3. The zero-order valence-corrected chi connectivity index (χ0v) is 11.2. The van der Waals surface area contributed by atoms with Crippen molar-refractivity contribution in [2.45, 2.75) is 6.54 Å². The Hall–Kier alpha value is -1.59. The highest BCUT2D eigenvalue weighted by Crippen LogP contribution is 2.15. The quantitative estimate of drug-likeness (QED) is 0.828. The highest BCUT2D eigenvalue weighted by molar-refractivity contribution is 5.45. The van der Waals surface area contributed by atoms with Crippen LogP contribution in [0.5, 0.6) is 5.75 Å². The van der Waals surface area contributed by atoms with Gasteiger partial charge in [0.15, 0.2) is 0 Å². The van der Waals surface area contributed by atoms with E-state index in [9.17, 15) is 0 Å². The molecule has 0 bridgehead atoms. The summed E-state index contributed by atoms with van der Waals surface area (Å²) in [5.74, 6) is 0.867. The van der Waals surface area contributed by atoms with Crippen LogP contribution in [-0.2, 0) is 6.54 Å². The first kappa shape index (κ1) is 12.9. The third-order valence-electron chi connectivity index (χ3n) is 2.73. The molecule has 5 heteroatoms. The third-order valence-corrected chi connectivity index (χ3v) is 2.73. The summed E-state index contributed by atoms with van der Waals surface area (Å²) in [5.41, 5.74) is 2.06. The van der Waals surface area contributed by atoms with Gasteiger partial charge >= 0.3 is 0 Å². The van der Waals surface area contributed by atoms with E-state index in [-0.39, 0.29) is 0 Å². The molecule has 0 aliphatic carbocycles. The van der Waals surface area contributed by atoms with Crippen LogP contribution in [0.15, 0.2) is 24.5 Å². The van der Waals surface area contributed by atoms with E-state index in [1.165, 1.54) is 0 Å². The van der Waals surface area contributed by atoms with Gasteiger partial charge in [0.1, 0.15) is 18.0 Å². The van der Waals surface area contributed by atoms with Crippen molar-refractivity contribution >= 4 is 5.65 Å². The monoisotopic (exact) mass is 248 g/mol. The van der Waals surface area contributed by atoms with Gasteiger partial charge in [0, 0.05) is 25.4 Å². The fourth-order valence-electron chi connectivity index (χ4n) is 1.76. The van der Waals surface area contributed by atoms with Gasteiger partial charge in [-0.25, -0.2) is 4.98 Å². The van der Waals surface area contributed by atoms with Crippen LogP contribution in [0, 0.1) is 0 Å². The fraction of sp³-hybridized carbons (Fsp3) is 0.462. The first-order valence-corrected chi connectivity index (χ1v) is 6.09. The Balaban J connectivity index is 2.08. The van der Waals surface area contributed by atoms with E-state index in [4.69, 9.17) is 4.74 Å². The highest BCUT2D eigenvalue weighted by atomic mass is 16.5. The maximum absolute atomic E-state index is 5.68. The molecule has 0 saturated heterocycles. The van der Waals surface area contributed by atoms with Crippen molar-refractivity contribution in [1.29, 1.82) is 0 Å². The summed E-state index contributed by atoms with van der Waals surface area (Å²) < 4.78 is 7.75. The number of nitrogens with one attached hydrogen (secondary N) is 1. The molecule has 2 aromatic rings. The molecule has 0 aromatic carbocycles. The molecule has 5 nitrogen and oxygen atoms in total. The van der Waals surface area contributed by atoms with E-state index in [2.05, 4.69) is 19.6 Å². The van der Waals surface area contributed by atoms with Crippen molar-refractivity contribution in [1.82, 2.24) is 19.6 Å². The van der Waals surface area contributed by atoms with Crippen molar-refractivity contribution in [3.05, 3.63) is 30.2 Å². The molecule has 0 aliphatic heterocycles. The molecule has 0 aliphatic rings. The summed E-state index contributed by atoms with van der Waals surface area (Å²) >= 11 is 0. The molecule has 2 aromatic heterocycles. The number of fused-ring (bicyclic) bond motifs is 1. The standard InChI is InChI=1S/C13H20N4O/c1-14-9-11-10-15-13-8-12(4-5-17(11)13)18-7-6-16(2)3/h4-5,8,10,14H,6-7,9H2,1-3H3. The average molecular weight is 248 g/mol. The minimum atomic E-state index is 0.688. The third kappa shape index (κ3) is 3.00. The Bertz CT molecular complexity index is 507. The van der Waals surface area contributed by atoms with Gasteiger partial charge in [-0.2, -0.15) is 0 Å². The van der Waals surface area contributed by atoms with Crippen LogP contribution in [0.3, 0.4) is 0 Å². The molecule has 0 amide bonds. The van der Waals surface area contributed by atoms with E-state index in [1.807, 2.05) is 45.7 Å². The molecular weight excluding hydrogens is 228 g/mol. The number of likely N-dealkylation sites (N-methyl/N-ethyl adjacent to an activating group) is 1. The first-order valence-electron chi connectivity index (χ1n) is 6.09. The van der Waals surface area contributed by atoms with Crippen molar-refractivity contribution in [2.75, 3.05) is 34.3 Å². The first-order chi connectivity index (χ1) is 8.70. The van der Waals surface area contributed by atoms with Gasteiger partial charge in [-0.15, -0.1) is 0 Å². The molecule has 0 spiro atoms. The van der Waals surface area contributed by atoms with E-state index in [0.29, 0.717) is 6.61 Å². The Morgan fingerprint density at radius 2 is 2.28 bits per heavy atom. The van der Waals surface area contributed by atoms with E-state index in [0.717, 1.165) is 30.2 Å². The normalized spacial score (nSPS) is 11.3. The van der Waals surface area contributed by atoms with Crippen LogP contribution < -0.4 is 10.1 Å². The number of imidazole rings is 1. The lowest BCUT2D eigenvalue weighted by Gasteiger charge is -2.11. The summed E-state index contributed by atoms with van der Waals surface area (Å²) in [6.07, 6.45) is 3.88. The molecule has 0 saturated carbocycles. The molecule has 1 N–H and O–H groups in total. The van der Waals surface area contributed by atoms with Gasteiger partial charge in [-0.05, 0) is 27.2 Å². The maximum Gasteiger partial charge on any atom is 0.140 e. The second-order valence-corrected chi connectivity index (χ2v) is 4.52. The number of ether oxygens (including phenoxy) is 1. The summed E-state index contributed by atoms with van der Waals surface area (Å²) in [6, 6.07) is 3.94. The predicted octanol–water partition coefficient (Wildman–Crippen LogP) is 0.994. The number of aromatic nitrogens is 2. The van der Waals surface area contributed by atoms with E-state index >= 15 is 0 Å². The molecule has 98 valence electrons. The Morgan fingerprint density at radius 1 is 1.44 bits per heavy atom. The van der Waals surface area contributed by atoms with Gasteiger partial charge in [-0.3, -0.25) is 0 Å². The van der Waals surface area contributed by atoms with Gasteiger partial charge in [0.2, 0.25) is 0 Å².